The number of nitrogens with zero attached hydrogens (tertiary/aromatic N) is 4. The minimum Gasteiger partial charge on any atom is -0.367 e. The summed E-state index contributed by atoms with van der Waals surface area (Å²) in [5.41, 5.74) is 1.98. The Hall–Kier alpha value is -2.04. The second-order valence-corrected chi connectivity index (χ2v) is 4.22. The van der Waals surface area contributed by atoms with Crippen LogP contribution in [-0.2, 0) is 0 Å². The van der Waals surface area contributed by atoms with Crippen LogP contribution in [0.1, 0.15) is 11.1 Å². The quantitative estimate of drug-likeness (QED) is 0.721. The van der Waals surface area contributed by atoms with Crippen LogP contribution in [0.2, 0.25) is 0 Å². The fourth-order valence-corrected chi connectivity index (χ4v) is 2.09. The van der Waals surface area contributed by atoms with Crippen LogP contribution in [0, 0.1) is 22.7 Å². The van der Waals surface area contributed by atoms with Gasteiger partial charge < -0.3 is 9.80 Å². The molecule has 0 amide bonds. The van der Waals surface area contributed by atoms with E-state index in [1.165, 1.54) is 0 Å². The lowest BCUT2D eigenvalue weighted by Crippen LogP contribution is -2.45. The van der Waals surface area contributed by atoms with Gasteiger partial charge in [0.1, 0.15) is 12.1 Å². The van der Waals surface area contributed by atoms with Crippen LogP contribution < -0.4 is 4.90 Å². The van der Waals surface area contributed by atoms with Crippen molar-refractivity contribution in [2.45, 2.75) is 0 Å². The Morgan fingerprint density at radius 2 is 1.53 bits per heavy atom. The van der Waals surface area contributed by atoms with E-state index < -0.39 is 0 Å². The molecule has 0 bridgehead atoms. The van der Waals surface area contributed by atoms with E-state index >= 15 is 0 Å². The predicted molar refractivity (Wildman–Crippen MR) is 65.6 cm³/mol. The molecule has 4 heteroatoms. The molecule has 1 aromatic carbocycles. The third-order valence-electron chi connectivity index (χ3n) is 3.10. The van der Waals surface area contributed by atoms with Gasteiger partial charge in [0.05, 0.1) is 16.8 Å². The molecular formula is C13H14N4. The lowest BCUT2D eigenvalue weighted by molar-refractivity contribution is 0.312. The normalized spacial score (nSPS) is 16.3. The molecule has 1 aliphatic rings. The molecule has 86 valence electrons. The van der Waals surface area contributed by atoms with E-state index in [9.17, 15) is 0 Å². The number of para-hydroxylation sites is 1. The molecule has 0 atom stereocenters. The molecule has 17 heavy (non-hydrogen) atoms. The maximum Gasteiger partial charge on any atom is 0.101 e. The molecule has 0 radical (unpaired) electrons. The zero-order valence-electron chi connectivity index (χ0n) is 9.85. The van der Waals surface area contributed by atoms with Crippen LogP contribution in [0.5, 0.6) is 0 Å². The second-order valence-electron chi connectivity index (χ2n) is 4.22. The number of likely N-dealkylation sites (N-methyl/N-ethyl adjacent to an activating group) is 1. The number of nitriles is 2. The largest absolute Gasteiger partial charge is 0.367 e. The maximum absolute atomic E-state index is 9.12. The van der Waals surface area contributed by atoms with Gasteiger partial charge in [-0.15, -0.1) is 0 Å². The second kappa shape index (κ2) is 4.86. The highest BCUT2D eigenvalue weighted by atomic mass is 15.2. The average molecular weight is 226 g/mol. The molecule has 1 saturated heterocycles. The number of rotatable bonds is 1. The molecule has 1 fully saturated rings. The van der Waals surface area contributed by atoms with Crippen LogP contribution in [-0.4, -0.2) is 38.1 Å². The zero-order valence-corrected chi connectivity index (χ0v) is 9.85. The van der Waals surface area contributed by atoms with E-state index in [-0.39, 0.29) is 0 Å². The monoisotopic (exact) mass is 226 g/mol. The summed E-state index contributed by atoms with van der Waals surface area (Å²) < 4.78 is 0. The highest BCUT2D eigenvalue weighted by molar-refractivity contribution is 5.68. The van der Waals surface area contributed by atoms with E-state index in [1.807, 2.05) is 0 Å². The summed E-state index contributed by atoms with van der Waals surface area (Å²) in [4.78, 5) is 4.38. The van der Waals surface area contributed by atoms with Crippen LogP contribution >= 0.6 is 0 Å². The van der Waals surface area contributed by atoms with Gasteiger partial charge in [0.25, 0.3) is 0 Å². The number of benzene rings is 1. The zero-order chi connectivity index (χ0) is 12.3. The molecule has 0 aromatic heterocycles. The highest BCUT2D eigenvalue weighted by Crippen LogP contribution is 2.25. The standard InChI is InChI=1S/C13H14N4/c1-16-5-7-17(8-6-16)13-11(9-14)3-2-4-12(13)10-15/h2-4H,5-8H2,1H3. The summed E-state index contributed by atoms with van der Waals surface area (Å²) in [6.45, 7) is 3.66. The molecule has 1 aliphatic heterocycles. The van der Waals surface area contributed by atoms with Gasteiger partial charge in [-0.05, 0) is 19.2 Å². The van der Waals surface area contributed by atoms with Gasteiger partial charge >= 0.3 is 0 Å². The lowest BCUT2D eigenvalue weighted by atomic mass is 10.1. The molecule has 0 saturated carbocycles. The summed E-state index contributed by atoms with van der Waals surface area (Å²) in [6, 6.07) is 9.65. The molecule has 0 N–H and O–H groups in total. The van der Waals surface area contributed by atoms with Crippen LogP contribution in [0.15, 0.2) is 18.2 Å². The van der Waals surface area contributed by atoms with Gasteiger partial charge in [-0.1, -0.05) is 6.07 Å². The van der Waals surface area contributed by atoms with E-state index in [0.29, 0.717) is 11.1 Å². The third kappa shape index (κ3) is 2.22. The fourth-order valence-electron chi connectivity index (χ4n) is 2.09. The Kier molecular flexibility index (Phi) is 3.27. The van der Waals surface area contributed by atoms with Gasteiger partial charge in [-0.2, -0.15) is 10.5 Å². The predicted octanol–water partition coefficient (Wildman–Crippen LogP) is 1.18. The lowest BCUT2D eigenvalue weighted by Gasteiger charge is -2.34. The molecule has 1 heterocycles. The van der Waals surface area contributed by atoms with Gasteiger partial charge in [0.2, 0.25) is 0 Å². The van der Waals surface area contributed by atoms with Gasteiger partial charge in [0, 0.05) is 26.2 Å². The summed E-state index contributed by atoms with van der Waals surface area (Å²) in [5, 5.41) is 18.2. The van der Waals surface area contributed by atoms with E-state index in [4.69, 9.17) is 10.5 Å². The molecular weight excluding hydrogens is 212 g/mol. The van der Waals surface area contributed by atoms with E-state index in [1.54, 1.807) is 18.2 Å². The SMILES string of the molecule is CN1CCN(c2c(C#N)cccc2C#N)CC1. The molecule has 2 rings (SSSR count). The number of anilines is 1. The first-order valence-electron chi connectivity index (χ1n) is 5.63. The van der Waals surface area contributed by atoms with E-state index in [0.717, 1.165) is 31.9 Å². The summed E-state index contributed by atoms with van der Waals surface area (Å²) in [7, 11) is 2.08. The first-order valence-corrected chi connectivity index (χ1v) is 5.63. The minimum atomic E-state index is 0.591. The summed E-state index contributed by atoms with van der Waals surface area (Å²) in [6.07, 6.45) is 0. The number of piperazine rings is 1. The third-order valence-corrected chi connectivity index (χ3v) is 3.10. The van der Waals surface area contributed by atoms with Gasteiger partial charge in [0.15, 0.2) is 0 Å². The Morgan fingerprint density at radius 3 is 2.00 bits per heavy atom. The smallest absolute Gasteiger partial charge is 0.101 e. The minimum absolute atomic E-state index is 0.591. The van der Waals surface area contributed by atoms with Crippen molar-refractivity contribution in [3.05, 3.63) is 29.3 Å². The highest BCUT2D eigenvalue weighted by Gasteiger charge is 2.19. The Balaban J connectivity index is 2.38. The first-order chi connectivity index (χ1) is 8.26. The molecule has 0 spiro atoms. The van der Waals surface area contributed by atoms with Crippen molar-refractivity contribution in [1.82, 2.24) is 4.90 Å². The van der Waals surface area contributed by atoms with Crippen molar-refractivity contribution in [2.24, 2.45) is 0 Å². The topological polar surface area (TPSA) is 54.1 Å². The Labute approximate surface area is 101 Å². The van der Waals surface area contributed by atoms with Crippen LogP contribution in [0.4, 0.5) is 5.69 Å². The van der Waals surface area contributed by atoms with Crippen LogP contribution in [0.25, 0.3) is 0 Å². The van der Waals surface area contributed by atoms with Crippen molar-refractivity contribution in [1.29, 1.82) is 10.5 Å². The molecule has 0 aliphatic carbocycles. The molecule has 0 unspecified atom stereocenters. The van der Waals surface area contributed by atoms with Crippen molar-refractivity contribution < 1.29 is 0 Å². The summed E-state index contributed by atoms with van der Waals surface area (Å²) >= 11 is 0. The van der Waals surface area contributed by atoms with Crippen molar-refractivity contribution in [3.8, 4) is 12.1 Å². The van der Waals surface area contributed by atoms with Crippen LogP contribution in [0.3, 0.4) is 0 Å². The maximum atomic E-state index is 9.12. The van der Waals surface area contributed by atoms with Gasteiger partial charge in [-0.3, -0.25) is 0 Å². The number of hydrogen-bond acceptors (Lipinski definition) is 4. The average Bonchev–Trinajstić information content (AvgIpc) is 2.38. The van der Waals surface area contributed by atoms with Crippen molar-refractivity contribution in [3.63, 3.8) is 0 Å². The Morgan fingerprint density at radius 1 is 1.00 bits per heavy atom. The fraction of sp³-hybridized carbons (Fsp3) is 0.385. The summed E-state index contributed by atoms with van der Waals surface area (Å²) in [5.74, 6) is 0. The molecule has 4 nitrogen and oxygen atoms in total. The van der Waals surface area contributed by atoms with Crippen molar-refractivity contribution >= 4 is 5.69 Å². The van der Waals surface area contributed by atoms with E-state index in [2.05, 4.69) is 29.0 Å². The number of hydrogen-bond donors (Lipinski definition) is 0. The van der Waals surface area contributed by atoms with Crippen molar-refractivity contribution in [2.75, 3.05) is 38.1 Å². The Bertz CT molecular complexity index is 455. The van der Waals surface area contributed by atoms with Gasteiger partial charge in [-0.25, -0.2) is 0 Å². The molecule has 1 aromatic rings. The first kappa shape index (κ1) is 11.4.